The highest BCUT2D eigenvalue weighted by Crippen LogP contribution is 2.27. The number of primary amides is 1. The Morgan fingerprint density at radius 2 is 1.85 bits per heavy atom. The Labute approximate surface area is 197 Å². The van der Waals surface area contributed by atoms with Gasteiger partial charge in [-0.25, -0.2) is 24.9 Å². The number of nitrogens with one attached hydrogen (secondary N) is 1. The number of aromatic nitrogens is 6. The first-order valence-electron chi connectivity index (χ1n) is 11.3. The molecule has 0 bridgehead atoms. The molecule has 3 aromatic rings. The minimum absolute atomic E-state index is 0.104. The van der Waals surface area contributed by atoms with Crippen LogP contribution in [0, 0.1) is 6.92 Å². The third-order valence-electron chi connectivity index (χ3n) is 5.63. The zero-order valence-corrected chi connectivity index (χ0v) is 19.7. The molecule has 34 heavy (non-hydrogen) atoms. The highest BCUT2D eigenvalue weighted by molar-refractivity contribution is 5.93. The van der Waals surface area contributed by atoms with Crippen LogP contribution >= 0.6 is 0 Å². The number of anilines is 1. The van der Waals surface area contributed by atoms with Gasteiger partial charge in [0.05, 0.1) is 24.2 Å². The Kier molecular flexibility index (Phi) is 6.68. The quantitative estimate of drug-likeness (QED) is 0.516. The first-order valence-corrected chi connectivity index (χ1v) is 11.3. The van der Waals surface area contributed by atoms with Gasteiger partial charge in [0.15, 0.2) is 17.0 Å². The van der Waals surface area contributed by atoms with E-state index in [0.717, 1.165) is 5.56 Å². The summed E-state index contributed by atoms with van der Waals surface area (Å²) in [4.78, 5) is 48.9. The summed E-state index contributed by atoms with van der Waals surface area (Å²) in [7, 11) is 0. The van der Waals surface area contributed by atoms with Gasteiger partial charge >= 0.3 is 0 Å². The number of morpholine rings is 1. The summed E-state index contributed by atoms with van der Waals surface area (Å²) in [6.07, 6.45) is 4.42. The standard InChI is InChI=1S/C22H29N9O3/c1-5-31-20(15-7-24-14(4)25-8-15)29-18-19(26-11-27-21(18)31)28-16(6-17(23)32)22(33)30-9-12(2)34-13(3)10-30/h7-8,11-13,16H,5-6,9-10H2,1-4H3,(H2,23,32)(H,26,27,28)/t12-,13+,16-/m0/s1. The highest BCUT2D eigenvalue weighted by Gasteiger charge is 2.32. The molecule has 1 saturated heterocycles. The first-order chi connectivity index (χ1) is 16.3. The summed E-state index contributed by atoms with van der Waals surface area (Å²) >= 11 is 0. The van der Waals surface area contributed by atoms with Crippen molar-refractivity contribution >= 4 is 28.8 Å². The maximum absolute atomic E-state index is 13.4. The molecule has 0 unspecified atom stereocenters. The van der Waals surface area contributed by atoms with E-state index >= 15 is 0 Å². The van der Waals surface area contributed by atoms with Gasteiger partial charge in [-0.15, -0.1) is 0 Å². The number of nitrogens with two attached hydrogens (primary N) is 1. The van der Waals surface area contributed by atoms with Crippen LogP contribution in [0.1, 0.15) is 33.0 Å². The number of hydrogen-bond acceptors (Lipinski definition) is 9. The van der Waals surface area contributed by atoms with Gasteiger partial charge in [-0.1, -0.05) is 0 Å². The van der Waals surface area contributed by atoms with Gasteiger partial charge in [0.25, 0.3) is 0 Å². The van der Waals surface area contributed by atoms with E-state index in [2.05, 4.69) is 25.3 Å². The number of fused-ring (bicyclic) bond motifs is 1. The molecule has 4 heterocycles. The van der Waals surface area contributed by atoms with Gasteiger partial charge in [0.2, 0.25) is 11.8 Å². The summed E-state index contributed by atoms with van der Waals surface area (Å²) in [5, 5.41) is 3.11. The lowest BCUT2D eigenvalue weighted by Gasteiger charge is -2.37. The fourth-order valence-electron chi connectivity index (χ4n) is 4.21. The third-order valence-corrected chi connectivity index (χ3v) is 5.63. The number of aryl methyl sites for hydroxylation is 2. The third kappa shape index (κ3) is 4.81. The lowest BCUT2D eigenvalue weighted by atomic mass is 10.1. The number of carbonyl (C=O) groups excluding carboxylic acids is 2. The van der Waals surface area contributed by atoms with Crippen molar-refractivity contribution < 1.29 is 14.3 Å². The van der Waals surface area contributed by atoms with Gasteiger partial charge < -0.3 is 25.3 Å². The molecule has 3 aromatic heterocycles. The molecule has 12 heteroatoms. The minimum atomic E-state index is -0.897. The maximum Gasteiger partial charge on any atom is 0.245 e. The van der Waals surface area contributed by atoms with Gasteiger partial charge in [0.1, 0.15) is 24.0 Å². The lowest BCUT2D eigenvalue weighted by molar-refractivity contribution is -0.145. The van der Waals surface area contributed by atoms with E-state index < -0.39 is 11.9 Å². The molecule has 0 aromatic carbocycles. The van der Waals surface area contributed by atoms with E-state index in [0.29, 0.717) is 48.3 Å². The molecule has 0 saturated carbocycles. The fourth-order valence-corrected chi connectivity index (χ4v) is 4.21. The van der Waals surface area contributed by atoms with Crippen LogP contribution in [0.2, 0.25) is 0 Å². The van der Waals surface area contributed by atoms with Crippen LogP contribution < -0.4 is 11.1 Å². The molecule has 12 nitrogen and oxygen atoms in total. The van der Waals surface area contributed by atoms with Crippen molar-refractivity contribution in [2.75, 3.05) is 18.4 Å². The predicted molar refractivity (Wildman–Crippen MR) is 125 cm³/mol. The van der Waals surface area contributed by atoms with Gasteiger partial charge in [-0.3, -0.25) is 9.59 Å². The van der Waals surface area contributed by atoms with Crippen molar-refractivity contribution in [1.82, 2.24) is 34.4 Å². The second-order valence-corrected chi connectivity index (χ2v) is 8.46. The van der Waals surface area contributed by atoms with Crippen LogP contribution in [0.25, 0.3) is 22.6 Å². The van der Waals surface area contributed by atoms with Crippen molar-refractivity contribution in [3.05, 3.63) is 24.5 Å². The van der Waals surface area contributed by atoms with Crippen molar-refractivity contribution in [2.24, 2.45) is 5.73 Å². The number of carbonyl (C=O) groups is 2. The van der Waals surface area contributed by atoms with Gasteiger partial charge in [-0.2, -0.15) is 0 Å². The number of amides is 2. The molecule has 0 aliphatic carbocycles. The lowest BCUT2D eigenvalue weighted by Crippen LogP contribution is -2.53. The Hall–Kier alpha value is -3.67. The summed E-state index contributed by atoms with van der Waals surface area (Å²) in [6, 6.07) is -0.897. The average Bonchev–Trinajstić information content (AvgIpc) is 3.17. The summed E-state index contributed by atoms with van der Waals surface area (Å²) in [6.45, 7) is 9.08. The van der Waals surface area contributed by atoms with Gasteiger partial charge in [0, 0.05) is 32.0 Å². The maximum atomic E-state index is 13.4. The average molecular weight is 468 g/mol. The Morgan fingerprint density at radius 3 is 2.47 bits per heavy atom. The van der Waals surface area contributed by atoms with E-state index in [4.69, 9.17) is 15.5 Å². The molecule has 2 amide bonds. The molecule has 1 fully saturated rings. The first kappa shape index (κ1) is 23.5. The van der Waals surface area contributed by atoms with Crippen LogP contribution in [-0.2, 0) is 20.9 Å². The number of nitrogens with zero attached hydrogens (tertiary/aromatic N) is 7. The molecular weight excluding hydrogens is 438 g/mol. The molecular formula is C22H29N9O3. The Bertz CT molecular complexity index is 1180. The molecule has 3 N–H and O–H groups in total. The number of hydrogen-bond donors (Lipinski definition) is 2. The van der Waals surface area contributed by atoms with Crippen molar-refractivity contribution in [1.29, 1.82) is 0 Å². The zero-order valence-electron chi connectivity index (χ0n) is 19.7. The van der Waals surface area contributed by atoms with Crippen LogP contribution in [0.3, 0.4) is 0 Å². The number of imidazole rings is 1. The van der Waals surface area contributed by atoms with Crippen molar-refractivity contribution in [3.8, 4) is 11.4 Å². The molecule has 1 aliphatic rings. The van der Waals surface area contributed by atoms with Crippen LogP contribution in [0.15, 0.2) is 18.7 Å². The van der Waals surface area contributed by atoms with E-state index in [1.807, 2.05) is 32.3 Å². The van der Waals surface area contributed by atoms with E-state index in [-0.39, 0.29) is 24.5 Å². The Balaban J connectivity index is 1.70. The van der Waals surface area contributed by atoms with Crippen molar-refractivity contribution in [2.45, 2.75) is 58.9 Å². The fraction of sp³-hybridized carbons (Fsp3) is 0.500. The van der Waals surface area contributed by atoms with E-state index in [9.17, 15) is 9.59 Å². The second-order valence-electron chi connectivity index (χ2n) is 8.46. The smallest absolute Gasteiger partial charge is 0.245 e. The summed E-state index contributed by atoms with van der Waals surface area (Å²) in [5.41, 5.74) is 7.28. The summed E-state index contributed by atoms with van der Waals surface area (Å²) < 4.78 is 7.65. The van der Waals surface area contributed by atoms with Crippen molar-refractivity contribution in [3.63, 3.8) is 0 Å². The number of rotatable bonds is 7. The van der Waals surface area contributed by atoms with Gasteiger partial charge in [-0.05, 0) is 27.7 Å². The van der Waals surface area contributed by atoms with E-state index in [1.165, 1.54) is 6.33 Å². The normalized spacial score (nSPS) is 19.2. The van der Waals surface area contributed by atoms with Crippen LogP contribution in [-0.4, -0.2) is 77.5 Å². The van der Waals surface area contributed by atoms with Crippen LogP contribution in [0.5, 0.6) is 0 Å². The molecule has 0 spiro atoms. The van der Waals surface area contributed by atoms with E-state index in [1.54, 1.807) is 17.3 Å². The van der Waals surface area contributed by atoms with Crippen LogP contribution in [0.4, 0.5) is 5.82 Å². The zero-order chi connectivity index (χ0) is 24.4. The summed E-state index contributed by atoms with van der Waals surface area (Å²) in [5.74, 6) is 0.802. The largest absolute Gasteiger partial charge is 0.372 e. The predicted octanol–water partition coefficient (Wildman–Crippen LogP) is 0.903. The highest BCUT2D eigenvalue weighted by atomic mass is 16.5. The molecule has 1 aliphatic heterocycles. The molecule has 180 valence electrons. The number of ether oxygens (including phenoxy) is 1. The second kappa shape index (κ2) is 9.67. The monoisotopic (exact) mass is 467 g/mol. The topological polar surface area (TPSA) is 154 Å². The molecule has 0 radical (unpaired) electrons. The molecule has 3 atom stereocenters. The molecule has 4 rings (SSSR count). The minimum Gasteiger partial charge on any atom is -0.372 e. The Morgan fingerprint density at radius 1 is 1.18 bits per heavy atom. The SMILES string of the molecule is CCn1c(-c2cnc(C)nc2)nc2c(N[C@@H](CC(N)=O)C(=O)N3C[C@@H](C)O[C@@H](C)C3)ncnc21.